The van der Waals surface area contributed by atoms with Crippen LogP contribution in [0.5, 0.6) is 0 Å². The number of hydrogen-bond acceptors (Lipinski definition) is 6. The topological polar surface area (TPSA) is 156 Å². The highest BCUT2D eigenvalue weighted by molar-refractivity contribution is 7.98. The van der Waals surface area contributed by atoms with Crippen LogP contribution in [0.2, 0.25) is 0 Å². The molecule has 0 aromatic heterocycles. The molecule has 0 saturated heterocycles. The van der Waals surface area contributed by atoms with Crippen LogP contribution in [0.1, 0.15) is 19.8 Å². The average Bonchev–Trinajstić information content (AvgIpc) is 2.33. The predicted octanol–water partition coefficient (Wildman–Crippen LogP) is -0.832. The Labute approximate surface area is 122 Å². The molecule has 0 rings (SSSR count). The number of aliphatic carboxylic acids is 1. The molecule has 20 heavy (non-hydrogen) atoms. The number of nitrogens with one attached hydrogen (secondary N) is 1. The molecule has 0 bridgehead atoms. The van der Waals surface area contributed by atoms with Crippen molar-refractivity contribution in [3.05, 3.63) is 0 Å². The third kappa shape index (κ3) is 5.41. The third-order valence-electron chi connectivity index (χ3n) is 2.91. The van der Waals surface area contributed by atoms with Gasteiger partial charge in [0.05, 0.1) is 12.5 Å². The van der Waals surface area contributed by atoms with Gasteiger partial charge in [0.15, 0.2) is 0 Å². The zero-order chi connectivity index (χ0) is 15.9. The SMILES string of the molecule is CSCC[C@H](N)C(=O)NC(CC(=O)O)(C(C)N)[PH](=O)O. The summed E-state index contributed by atoms with van der Waals surface area (Å²) in [6.07, 6.45) is 1.50. The van der Waals surface area contributed by atoms with Crippen molar-refractivity contribution < 1.29 is 24.2 Å². The van der Waals surface area contributed by atoms with E-state index in [4.69, 9.17) is 16.6 Å². The van der Waals surface area contributed by atoms with Crippen LogP contribution in [-0.2, 0) is 14.2 Å². The first-order chi connectivity index (χ1) is 9.17. The van der Waals surface area contributed by atoms with E-state index in [0.717, 1.165) is 0 Å². The van der Waals surface area contributed by atoms with E-state index in [-0.39, 0.29) is 0 Å². The molecule has 3 unspecified atom stereocenters. The van der Waals surface area contributed by atoms with Crippen molar-refractivity contribution in [1.29, 1.82) is 0 Å². The summed E-state index contributed by atoms with van der Waals surface area (Å²) in [5, 5.41) is 9.25. The van der Waals surface area contributed by atoms with Gasteiger partial charge in [-0.15, -0.1) is 0 Å². The summed E-state index contributed by atoms with van der Waals surface area (Å²) >= 11 is 1.51. The normalized spacial score (nSPS) is 18.6. The Balaban J connectivity index is 5.10. The lowest BCUT2D eigenvalue weighted by atomic mass is 10.1. The Bertz CT molecular complexity index is 382. The molecular formula is C10H22N3O5PS. The van der Waals surface area contributed by atoms with E-state index in [1.54, 1.807) is 0 Å². The van der Waals surface area contributed by atoms with Crippen molar-refractivity contribution in [2.45, 2.75) is 37.1 Å². The van der Waals surface area contributed by atoms with Crippen molar-refractivity contribution in [3.8, 4) is 0 Å². The molecule has 7 N–H and O–H groups in total. The minimum atomic E-state index is -3.42. The van der Waals surface area contributed by atoms with Crippen LogP contribution in [0, 0.1) is 0 Å². The van der Waals surface area contributed by atoms with Gasteiger partial charge in [0.25, 0.3) is 0 Å². The van der Waals surface area contributed by atoms with E-state index in [2.05, 4.69) is 5.32 Å². The molecule has 0 heterocycles. The fraction of sp³-hybridized carbons (Fsp3) is 0.800. The molecule has 0 aliphatic heterocycles. The summed E-state index contributed by atoms with van der Waals surface area (Å²) in [5.74, 6) is -1.36. The summed E-state index contributed by atoms with van der Waals surface area (Å²) in [6, 6.07) is -1.89. The second-order valence-electron chi connectivity index (χ2n) is 4.51. The fourth-order valence-electron chi connectivity index (χ4n) is 1.57. The highest BCUT2D eigenvalue weighted by atomic mass is 32.2. The molecule has 1 amide bonds. The standard InChI is InChI=1S/C10H22N3O5PS/c1-6(11)10(19(17)18,5-8(14)15)13-9(16)7(12)3-4-20-2/h6-7,19H,3-5,11-12H2,1-2H3,(H,13,16)(H,14,15)(H,17,18)/t6?,7-,10?/m0/s1. The first-order valence-corrected chi connectivity index (χ1v) is 8.69. The molecule has 0 aliphatic carbocycles. The number of carboxylic acids is 1. The van der Waals surface area contributed by atoms with Crippen LogP contribution in [0.3, 0.4) is 0 Å². The van der Waals surface area contributed by atoms with Crippen LogP contribution >= 0.6 is 19.8 Å². The fourth-order valence-corrected chi connectivity index (χ4v) is 2.98. The molecule has 4 atom stereocenters. The van der Waals surface area contributed by atoms with Gasteiger partial charge in [0, 0.05) is 6.04 Å². The molecule has 8 nitrogen and oxygen atoms in total. The summed E-state index contributed by atoms with van der Waals surface area (Å²) in [6.45, 7) is 1.37. The van der Waals surface area contributed by atoms with E-state index >= 15 is 0 Å². The smallest absolute Gasteiger partial charge is 0.306 e. The van der Waals surface area contributed by atoms with Crippen LogP contribution in [0.15, 0.2) is 0 Å². The van der Waals surface area contributed by atoms with Gasteiger partial charge >= 0.3 is 5.97 Å². The quantitative estimate of drug-likeness (QED) is 0.343. The number of amides is 1. The van der Waals surface area contributed by atoms with E-state index in [9.17, 15) is 19.0 Å². The van der Waals surface area contributed by atoms with Crippen molar-refractivity contribution in [3.63, 3.8) is 0 Å². The summed E-state index contributed by atoms with van der Waals surface area (Å²) in [5.41, 5.74) is 11.3. The Morgan fingerprint density at radius 3 is 2.35 bits per heavy atom. The highest BCUT2D eigenvalue weighted by Gasteiger charge is 2.44. The van der Waals surface area contributed by atoms with Crippen molar-refractivity contribution in [1.82, 2.24) is 5.32 Å². The number of carbonyl (C=O) groups is 2. The number of carbonyl (C=O) groups excluding carboxylic acids is 1. The monoisotopic (exact) mass is 327 g/mol. The number of rotatable bonds is 9. The molecule has 0 fully saturated rings. The van der Waals surface area contributed by atoms with Crippen LogP contribution in [0.25, 0.3) is 0 Å². The number of thioether (sulfide) groups is 1. The van der Waals surface area contributed by atoms with Crippen molar-refractivity contribution in [2.24, 2.45) is 11.5 Å². The van der Waals surface area contributed by atoms with Crippen molar-refractivity contribution >= 4 is 31.7 Å². The van der Waals surface area contributed by atoms with E-state index in [1.165, 1.54) is 18.7 Å². The first-order valence-electron chi connectivity index (χ1n) is 5.94. The lowest BCUT2D eigenvalue weighted by Gasteiger charge is -2.35. The predicted molar refractivity (Wildman–Crippen MR) is 79.0 cm³/mol. The Hall–Kier alpha value is -0.600. The van der Waals surface area contributed by atoms with E-state index in [0.29, 0.717) is 12.2 Å². The number of hydrogen-bond donors (Lipinski definition) is 5. The minimum absolute atomic E-state index is 0.376. The van der Waals surface area contributed by atoms with Gasteiger partial charge in [0.1, 0.15) is 5.28 Å². The van der Waals surface area contributed by atoms with Gasteiger partial charge in [-0.05, 0) is 25.4 Å². The molecular weight excluding hydrogens is 305 g/mol. The highest BCUT2D eigenvalue weighted by Crippen LogP contribution is 2.38. The van der Waals surface area contributed by atoms with Gasteiger partial charge in [-0.3, -0.25) is 14.2 Å². The minimum Gasteiger partial charge on any atom is -0.481 e. The molecule has 0 saturated carbocycles. The van der Waals surface area contributed by atoms with Crippen LogP contribution < -0.4 is 16.8 Å². The van der Waals surface area contributed by atoms with Gasteiger partial charge < -0.3 is 26.8 Å². The van der Waals surface area contributed by atoms with Crippen LogP contribution in [0.4, 0.5) is 0 Å². The van der Waals surface area contributed by atoms with Gasteiger partial charge in [-0.1, -0.05) is 0 Å². The second-order valence-corrected chi connectivity index (χ2v) is 7.00. The lowest BCUT2D eigenvalue weighted by molar-refractivity contribution is -0.138. The van der Waals surface area contributed by atoms with Gasteiger partial charge in [0.2, 0.25) is 13.9 Å². The number of carboxylic acid groups (broad SMARTS) is 1. The van der Waals surface area contributed by atoms with Gasteiger partial charge in [-0.2, -0.15) is 11.8 Å². The average molecular weight is 327 g/mol. The van der Waals surface area contributed by atoms with Crippen molar-refractivity contribution in [2.75, 3.05) is 12.0 Å². The largest absolute Gasteiger partial charge is 0.481 e. The van der Waals surface area contributed by atoms with E-state index in [1.807, 2.05) is 6.26 Å². The van der Waals surface area contributed by atoms with Crippen LogP contribution in [-0.4, -0.2) is 51.2 Å². The summed E-state index contributed by atoms with van der Waals surface area (Å²) in [4.78, 5) is 32.2. The lowest BCUT2D eigenvalue weighted by Crippen LogP contribution is -2.60. The molecule has 0 aromatic carbocycles. The molecule has 0 spiro atoms. The molecule has 118 valence electrons. The molecule has 10 heteroatoms. The van der Waals surface area contributed by atoms with E-state index < -0.39 is 43.7 Å². The zero-order valence-corrected chi connectivity index (χ0v) is 13.3. The summed E-state index contributed by atoms with van der Waals surface area (Å²) < 4.78 is 11.6. The molecule has 0 aliphatic rings. The zero-order valence-electron chi connectivity index (χ0n) is 11.5. The maximum absolute atomic E-state index is 11.9. The number of nitrogens with two attached hydrogens (primary N) is 2. The first kappa shape index (κ1) is 19.4. The summed E-state index contributed by atoms with van der Waals surface area (Å²) in [7, 11) is -3.42. The Morgan fingerprint density at radius 1 is 1.45 bits per heavy atom. The third-order valence-corrected chi connectivity index (χ3v) is 5.07. The Kier molecular flexibility index (Phi) is 8.38. The molecule has 0 radical (unpaired) electrons. The van der Waals surface area contributed by atoms with Gasteiger partial charge in [-0.25, -0.2) is 0 Å². The maximum Gasteiger partial charge on any atom is 0.306 e. The maximum atomic E-state index is 11.9. The molecule has 0 aromatic rings. The second kappa shape index (κ2) is 8.63. The Morgan fingerprint density at radius 2 is 2.00 bits per heavy atom.